The first kappa shape index (κ1) is 12.8. The number of hydrogen-bond donors (Lipinski definition) is 1. The van der Waals surface area contributed by atoms with Gasteiger partial charge in [0.25, 0.3) is 5.56 Å². The van der Waals surface area contributed by atoms with Gasteiger partial charge in [-0.25, -0.2) is 9.97 Å². The second-order valence-electron chi connectivity index (χ2n) is 4.29. The molecule has 0 unspecified atom stereocenters. The maximum absolute atomic E-state index is 12.1. The van der Waals surface area contributed by atoms with Gasteiger partial charge in [-0.15, -0.1) is 11.3 Å². The fraction of sp³-hybridized carbons (Fsp3) is 0.417. The lowest BCUT2D eigenvalue weighted by molar-refractivity contribution is 0.575. The molecule has 0 aliphatic heterocycles. The second-order valence-corrected chi connectivity index (χ2v) is 5.36. The van der Waals surface area contributed by atoms with E-state index in [0.717, 1.165) is 10.7 Å². The number of aromatic nitrogens is 3. The standard InChI is InChI=1S/C12H16N4OS/c1-8(2)16-5-4-13-11(12(16)17)14-6-10-7-18-9(3)15-10/h4-5,7-8H,6H2,1-3H3,(H,13,14). The number of hydrogen-bond acceptors (Lipinski definition) is 5. The van der Waals surface area contributed by atoms with Crippen LogP contribution in [0.2, 0.25) is 0 Å². The van der Waals surface area contributed by atoms with Crippen molar-refractivity contribution in [3.8, 4) is 0 Å². The molecule has 0 spiro atoms. The van der Waals surface area contributed by atoms with Gasteiger partial charge >= 0.3 is 0 Å². The van der Waals surface area contributed by atoms with Crippen molar-refractivity contribution in [3.05, 3.63) is 38.8 Å². The quantitative estimate of drug-likeness (QED) is 0.919. The van der Waals surface area contributed by atoms with Gasteiger partial charge < -0.3 is 9.88 Å². The third-order valence-electron chi connectivity index (χ3n) is 2.53. The third kappa shape index (κ3) is 2.76. The first-order valence-electron chi connectivity index (χ1n) is 5.80. The summed E-state index contributed by atoms with van der Waals surface area (Å²) >= 11 is 1.60. The molecular weight excluding hydrogens is 248 g/mol. The van der Waals surface area contributed by atoms with E-state index in [0.29, 0.717) is 12.4 Å². The molecule has 2 aromatic rings. The van der Waals surface area contributed by atoms with Crippen LogP contribution >= 0.6 is 11.3 Å². The van der Waals surface area contributed by atoms with E-state index in [-0.39, 0.29) is 11.6 Å². The highest BCUT2D eigenvalue weighted by Gasteiger charge is 2.07. The first-order chi connectivity index (χ1) is 8.58. The van der Waals surface area contributed by atoms with Crippen LogP contribution < -0.4 is 10.9 Å². The van der Waals surface area contributed by atoms with Crippen molar-refractivity contribution in [1.82, 2.24) is 14.5 Å². The van der Waals surface area contributed by atoms with E-state index < -0.39 is 0 Å². The van der Waals surface area contributed by atoms with Gasteiger partial charge in [0.05, 0.1) is 17.2 Å². The van der Waals surface area contributed by atoms with Gasteiger partial charge in [-0.05, 0) is 20.8 Å². The minimum Gasteiger partial charge on any atom is -0.360 e. The molecule has 18 heavy (non-hydrogen) atoms. The molecule has 2 heterocycles. The largest absolute Gasteiger partial charge is 0.360 e. The highest BCUT2D eigenvalue weighted by molar-refractivity contribution is 7.09. The number of anilines is 1. The Kier molecular flexibility index (Phi) is 3.76. The van der Waals surface area contributed by atoms with Gasteiger partial charge in [0.1, 0.15) is 0 Å². The molecule has 5 nitrogen and oxygen atoms in total. The zero-order chi connectivity index (χ0) is 13.1. The molecule has 6 heteroatoms. The topological polar surface area (TPSA) is 59.8 Å². The number of thiazole rings is 1. The molecule has 0 radical (unpaired) electrons. The monoisotopic (exact) mass is 264 g/mol. The van der Waals surface area contributed by atoms with Crippen LogP contribution in [0.3, 0.4) is 0 Å². The Balaban J connectivity index is 2.15. The molecule has 0 aliphatic rings. The Morgan fingerprint density at radius 3 is 2.89 bits per heavy atom. The smallest absolute Gasteiger partial charge is 0.293 e. The van der Waals surface area contributed by atoms with Crippen molar-refractivity contribution in [2.24, 2.45) is 0 Å². The van der Waals surface area contributed by atoms with Crippen LogP contribution in [0, 0.1) is 6.92 Å². The third-order valence-corrected chi connectivity index (χ3v) is 3.35. The maximum Gasteiger partial charge on any atom is 0.293 e. The summed E-state index contributed by atoms with van der Waals surface area (Å²) in [5.41, 5.74) is 0.832. The van der Waals surface area contributed by atoms with E-state index >= 15 is 0 Å². The van der Waals surface area contributed by atoms with E-state index in [4.69, 9.17) is 0 Å². The van der Waals surface area contributed by atoms with Gasteiger partial charge in [0.15, 0.2) is 5.82 Å². The molecule has 0 amide bonds. The summed E-state index contributed by atoms with van der Waals surface area (Å²) in [6.07, 6.45) is 3.33. The zero-order valence-electron chi connectivity index (χ0n) is 10.7. The average molecular weight is 264 g/mol. The summed E-state index contributed by atoms with van der Waals surface area (Å²) < 4.78 is 1.65. The number of aryl methyl sites for hydroxylation is 1. The van der Waals surface area contributed by atoms with Crippen LogP contribution in [-0.2, 0) is 6.54 Å². The normalized spacial score (nSPS) is 10.9. The zero-order valence-corrected chi connectivity index (χ0v) is 11.5. The SMILES string of the molecule is Cc1nc(CNc2nccn(C(C)C)c2=O)cs1. The summed E-state index contributed by atoms with van der Waals surface area (Å²) in [5.74, 6) is 0.372. The molecular formula is C12H16N4OS. The molecule has 2 aromatic heterocycles. The van der Waals surface area contributed by atoms with Crippen LogP contribution in [0.1, 0.15) is 30.6 Å². The van der Waals surface area contributed by atoms with Gasteiger partial charge in [0.2, 0.25) is 0 Å². The predicted molar refractivity (Wildman–Crippen MR) is 73.1 cm³/mol. The fourth-order valence-corrected chi connectivity index (χ4v) is 2.23. The van der Waals surface area contributed by atoms with Crippen molar-refractivity contribution in [2.75, 3.05) is 5.32 Å². The van der Waals surface area contributed by atoms with Crippen molar-refractivity contribution >= 4 is 17.2 Å². The van der Waals surface area contributed by atoms with Crippen molar-refractivity contribution in [1.29, 1.82) is 0 Å². The average Bonchev–Trinajstić information content (AvgIpc) is 2.73. The van der Waals surface area contributed by atoms with Crippen LogP contribution in [-0.4, -0.2) is 14.5 Å². The maximum atomic E-state index is 12.1. The summed E-state index contributed by atoms with van der Waals surface area (Å²) in [4.78, 5) is 20.5. The van der Waals surface area contributed by atoms with Gasteiger partial charge in [-0.1, -0.05) is 0 Å². The highest BCUT2D eigenvalue weighted by Crippen LogP contribution is 2.09. The Hall–Kier alpha value is -1.69. The Labute approximate surface area is 110 Å². The lowest BCUT2D eigenvalue weighted by Crippen LogP contribution is -2.25. The van der Waals surface area contributed by atoms with Crippen LogP contribution in [0.4, 0.5) is 5.82 Å². The lowest BCUT2D eigenvalue weighted by atomic mass is 10.4. The van der Waals surface area contributed by atoms with E-state index in [1.54, 1.807) is 28.3 Å². The molecule has 0 saturated heterocycles. The van der Waals surface area contributed by atoms with E-state index in [9.17, 15) is 4.79 Å². The van der Waals surface area contributed by atoms with Crippen molar-refractivity contribution in [2.45, 2.75) is 33.4 Å². The molecule has 2 rings (SSSR count). The fourth-order valence-electron chi connectivity index (χ4n) is 1.62. The number of nitrogens with zero attached hydrogens (tertiary/aromatic N) is 3. The highest BCUT2D eigenvalue weighted by atomic mass is 32.1. The van der Waals surface area contributed by atoms with Crippen LogP contribution in [0.5, 0.6) is 0 Å². The molecule has 0 bridgehead atoms. The summed E-state index contributed by atoms with van der Waals surface area (Å²) in [6.45, 7) is 6.42. The number of nitrogens with one attached hydrogen (secondary N) is 1. The van der Waals surface area contributed by atoms with E-state index in [1.807, 2.05) is 26.2 Å². The summed E-state index contributed by atoms with van der Waals surface area (Å²) in [7, 11) is 0. The molecule has 0 fully saturated rings. The van der Waals surface area contributed by atoms with E-state index in [2.05, 4.69) is 15.3 Å². The van der Waals surface area contributed by atoms with Gasteiger partial charge in [0, 0.05) is 23.8 Å². The van der Waals surface area contributed by atoms with Crippen molar-refractivity contribution < 1.29 is 0 Å². The van der Waals surface area contributed by atoms with E-state index in [1.165, 1.54) is 0 Å². The van der Waals surface area contributed by atoms with Crippen LogP contribution in [0.25, 0.3) is 0 Å². The Morgan fingerprint density at radius 1 is 1.50 bits per heavy atom. The molecule has 0 aliphatic carbocycles. The molecule has 0 aromatic carbocycles. The molecule has 0 atom stereocenters. The minimum atomic E-state index is -0.0977. The molecule has 96 valence electrons. The van der Waals surface area contributed by atoms with Crippen molar-refractivity contribution in [3.63, 3.8) is 0 Å². The Morgan fingerprint density at radius 2 is 2.28 bits per heavy atom. The second kappa shape index (κ2) is 5.30. The summed E-state index contributed by atoms with van der Waals surface area (Å²) in [5, 5.41) is 6.04. The van der Waals surface area contributed by atoms with Gasteiger partial charge in [-0.3, -0.25) is 4.79 Å². The van der Waals surface area contributed by atoms with Crippen LogP contribution in [0.15, 0.2) is 22.6 Å². The lowest BCUT2D eigenvalue weighted by Gasteiger charge is -2.11. The number of rotatable bonds is 4. The first-order valence-corrected chi connectivity index (χ1v) is 6.68. The molecule has 0 saturated carbocycles. The summed E-state index contributed by atoms with van der Waals surface area (Å²) in [6, 6.07) is 0.127. The minimum absolute atomic E-state index is 0.0977. The Bertz CT molecular complexity index is 588. The predicted octanol–water partition coefficient (Wildman–Crippen LogP) is 2.20. The van der Waals surface area contributed by atoms with Gasteiger partial charge in [-0.2, -0.15) is 0 Å². The molecule has 1 N–H and O–H groups in total.